The fourth-order valence-electron chi connectivity index (χ4n) is 2.96. The van der Waals surface area contributed by atoms with Crippen molar-refractivity contribution >= 4 is 38.5 Å². The lowest BCUT2D eigenvalue weighted by atomic mass is 10.1. The molecule has 0 saturated carbocycles. The van der Waals surface area contributed by atoms with E-state index in [1.165, 1.54) is 19.9 Å². The first-order valence-corrected chi connectivity index (χ1v) is 11.7. The fraction of sp³-hybridized carbons (Fsp3) is 0.238. The minimum absolute atomic E-state index is 0.0140. The third kappa shape index (κ3) is 4.57. The van der Waals surface area contributed by atoms with Crippen LogP contribution in [0.2, 0.25) is 0 Å². The van der Waals surface area contributed by atoms with Crippen molar-refractivity contribution < 1.29 is 13.2 Å². The van der Waals surface area contributed by atoms with Crippen LogP contribution in [-0.4, -0.2) is 33.5 Å². The summed E-state index contributed by atoms with van der Waals surface area (Å²) in [6, 6.07) is 13.6. The predicted octanol–water partition coefficient (Wildman–Crippen LogP) is 3.67. The highest BCUT2D eigenvalue weighted by atomic mass is 32.2. The highest BCUT2D eigenvalue weighted by Crippen LogP contribution is 2.24. The topological polar surface area (TPSA) is 118 Å². The number of aryl methyl sites for hydroxylation is 1. The Kier molecular flexibility index (Phi) is 6.38. The molecule has 2 heterocycles. The van der Waals surface area contributed by atoms with Gasteiger partial charge in [-0.1, -0.05) is 18.2 Å². The van der Waals surface area contributed by atoms with E-state index in [0.29, 0.717) is 0 Å². The van der Waals surface area contributed by atoms with Gasteiger partial charge in [-0.05, 0) is 57.5 Å². The quantitative estimate of drug-likeness (QED) is 0.447. The van der Waals surface area contributed by atoms with E-state index in [9.17, 15) is 18.5 Å². The maximum Gasteiger partial charge on any atom is 0.268 e. The number of benzene rings is 1. The molecule has 0 saturated heterocycles. The Morgan fingerprint density at radius 1 is 1.26 bits per heavy atom. The zero-order valence-electron chi connectivity index (χ0n) is 17.4. The largest absolute Gasteiger partial charge is 0.318 e. The van der Waals surface area contributed by atoms with E-state index in [1.807, 2.05) is 60.9 Å². The summed E-state index contributed by atoms with van der Waals surface area (Å²) in [7, 11) is -3.65. The normalized spacial score (nSPS) is 12.1. The number of nitriles is 1. The summed E-state index contributed by atoms with van der Waals surface area (Å²) in [5.41, 5.74) is 3.42. The lowest BCUT2D eigenvalue weighted by Crippen LogP contribution is -2.16. The van der Waals surface area contributed by atoms with Crippen LogP contribution in [0.1, 0.15) is 30.8 Å². The minimum atomic E-state index is -3.65. The highest BCUT2D eigenvalue weighted by molar-refractivity contribution is 7.91. The molecular formula is C21H21N5O3S2. The first kappa shape index (κ1) is 22.4. The van der Waals surface area contributed by atoms with Crippen LogP contribution >= 0.6 is 11.5 Å². The Hall–Kier alpha value is -3.29. The number of sulfone groups is 1. The van der Waals surface area contributed by atoms with Gasteiger partial charge in [0, 0.05) is 28.6 Å². The molecule has 160 valence electrons. The number of hydrogen-bond donors (Lipinski definition) is 1. The summed E-state index contributed by atoms with van der Waals surface area (Å²) >= 11 is 0.750. The lowest BCUT2D eigenvalue weighted by molar-refractivity contribution is -0.112. The van der Waals surface area contributed by atoms with Crippen LogP contribution in [-0.2, 0) is 14.6 Å². The molecule has 0 unspecified atom stereocenters. The molecule has 0 aliphatic rings. The van der Waals surface area contributed by atoms with Crippen LogP contribution in [0, 0.1) is 25.2 Å². The van der Waals surface area contributed by atoms with Crippen molar-refractivity contribution in [2.45, 2.75) is 38.1 Å². The van der Waals surface area contributed by atoms with Gasteiger partial charge >= 0.3 is 0 Å². The van der Waals surface area contributed by atoms with Crippen LogP contribution in [0.4, 0.5) is 5.13 Å². The Morgan fingerprint density at radius 2 is 1.94 bits per heavy atom. The summed E-state index contributed by atoms with van der Waals surface area (Å²) < 4.78 is 30.2. The molecule has 0 bridgehead atoms. The van der Waals surface area contributed by atoms with Crippen LogP contribution in [0.25, 0.3) is 11.8 Å². The van der Waals surface area contributed by atoms with Crippen molar-refractivity contribution in [1.82, 2.24) is 13.9 Å². The summed E-state index contributed by atoms with van der Waals surface area (Å²) in [5, 5.41) is 11.0. The standard InChI is InChI=1S/C21H21N5O3S2/c1-13(2)31(28,29)21-24-20(30-25-21)23-19(27)17(12-22)11-16-10-14(3)26(15(16)4)18-8-6-5-7-9-18/h5-11,13H,1-4H3,(H,23,24,25,27). The summed E-state index contributed by atoms with van der Waals surface area (Å²) in [6.07, 6.45) is 1.50. The van der Waals surface area contributed by atoms with E-state index < -0.39 is 21.0 Å². The van der Waals surface area contributed by atoms with Crippen molar-refractivity contribution in [3.63, 3.8) is 0 Å². The van der Waals surface area contributed by atoms with E-state index in [0.717, 1.165) is 34.2 Å². The minimum Gasteiger partial charge on any atom is -0.318 e. The van der Waals surface area contributed by atoms with Crippen molar-refractivity contribution in [1.29, 1.82) is 5.26 Å². The third-order valence-electron chi connectivity index (χ3n) is 4.65. The molecule has 3 rings (SSSR count). The van der Waals surface area contributed by atoms with E-state index in [2.05, 4.69) is 14.7 Å². The first-order chi connectivity index (χ1) is 14.6. The predicted molar refractivity (Wildman–Crippen MR) is 120 cm³/mol. The second kappa shape index (κ2) is 8.83. The average Bonchev–Trinajstić information content (AvgIpc) is 3.31. The molecule has 2 aromatic heterocycles. The van der Waals surface area contributed by atoms with Gasteiger partial charge in [0.2, 0.25) is 15.0 Å². The van der Waals surface area contributed by atoms with Gasteiger partial charge in [0.1, 0.15) is 11.6 Å². The summed E-state index contributed by atoms with van der Waals surface area (Å²) in [4.78, 5) is 16.5. The smallest absolute Gasteiger partial charge is 0.268 e. The summed E-state index contributed by atoms with van der Waals surface area (Å²) in [6.45, 7) is 6.90. The van der Waals surface area contributed by atoms with Gasteiger partial charge in [-0.2, -0.15) is 14.6 Å². The number of hydrogen-bond acceptors (Lipinski definition) is 7. The van der Waals surface area contributed by atoms with Crippen LogP contribution in [0.3, 0.4) is 0 Å². The average molecular weight is 456 g/mol. The molecule has 1 amide bonds. The number of amides is 1. The number of nitrogens with zero attached hydrogens (tertiary/aromatic N) is 4. The maximum atomic E-state index is 12.6. The number of rotatable bonds is 6. The number of carbonyl (C=O) groups is 1. The van der Waals surface area contributed by atoms with Gasteiger partial charge < -0.3 is 4.57 Å². The second-order valence-corrected chi connectivity index (χ2v) is 10.2. The Labute approximate surface area is 185 Å². The zero-order chi connectivity index (χ0) is 22.8. The molecule has 0 atom stereocenters. The van der Waals surface area contributed by atoms with Gasteiger partial charge in [0.05, 0.1) is 5.25 Å². The zero-order valence-corrected chi connectivity index (χ0v) is 19.1. The molecule has 0 spiro atoms. The molecular weight excluding hydrogens is 434 g/mol. The molecule has 1 N–H and O–H groups in total. The molecule has 1 aromatic carbocycles. The number of anilines is 1. The molecule has 8 nitrogen and oxygen atoms in total. The van der Waals surface area contributed by atoms with Gasteiger partial charge in [-0.3, -0.25) is 10.1 Å². The number of carbonyl (C=O) groups excluding carboxylic acids is 1. The Balaban J connectivity index is 1.87. The number of aromatic nitrogens is 3. The fourth-order valence-corrected chi connectivity index (χ4v) is 4.66. The maximum absolute atomic E-state index is 12.6. The van der Waals surface area contributed by atoms with Crippen LogP contribution in [0.5, 0.6) is 0 Å². The molecule has 3 aromatic rings. The van der Waals surface area contributed by atoms with Gasteiger partial charge in [-0.15, -0.1) is 0 Å². The molecule has 31 heavy (non-hydrogen) atoms. The first-order valence-electron chi connectivity index (χ1n) is 9.40. The second-order valence-electron chi connectivity index (χ2n) is 7.10. The number of nitrogens with one attached hydrogen (secondary N) is 1. The van der Waals surface area contributed by atoms with Gasteiger partial charge in [0.25, 0.3) is 11.1 Å². The van der Waals surface area contributed by atoms with Crippen molar-refractivity contribution in [2.75, 3.05) is 5.32 Å². The van der Waals surface area contributed by atoms with E-state index in [1.54, 1.807) is 0 Å². The Bertz CT molecular complexity index is 1300. The lowest BCUT2D eigenvalue weighted by Gasteiger charge is -2.09. The summed E-state index contributed by atoms with van der Waals surface area (Å²) in [5.74, 6) is -0.684. The highest BCUT2D eigenvalue weighted by Gasteiger charge is 2.25. The van der Waals surface area contributed by atoms with E-state index in [4.69, 9.17) is 0 Å². The van der Waals surface area contributed by atoms with Crippen LogP contribution < -0.4 is 5.32 Å². The monoisotopic (exact) mass is 455 g/mol. The molecule has 0 aliphatic heterocycles. The molecule has 0 fully saturated rings. The molecule has 10 heteroatoms. The van der Waals surface area contributed by atoms with E-state index >= 15 is 0 Å². The van der Waals surface area contributed by atoms with Gasteiger partial charge in [0.15, 0.2) is 0 Å². The van der Waals surface area contributed by atoms with Crippen LogP contribution in [0.15, 0.2) is 47.1 Å². The SMILES string of the molecule is Cc1cc(C=C(C#N)C(=O)Nc2nc(S(=O)(=O)C(C)C)ns2)c(C)n1-c1ccccc1. The molecule has 0 radical (unpaired) electrons. The third-order valence-corrected chi connectivity index (χ3v) is 7.33. The van der Waals surface area contributed by atoms with Gasteiger partial charge in [-0.25, -0.2) is 8.42 Å². The number of para-hydroxylation sites is 1. The molecule has 0 aliphatic carbocycles. The van der Waals surface area contributed by atoms with Crippen molar-refractivity contribution in [2.24, 2.45) is 0 Å². The van der Waals surface area contributed by atoms with Crippen molar-refractivity contribution in [3.05, 3.63) is 58.9 Å². The van der Waals surface area contributed by atoms with E-state index in [-0.39, 0.29) is 15.9 Å². The Morgan fingerprint density at radius 3 is 2.55 bits per heavy atom. The van der Waals surface area contributed by atoms with Crippen molar-refractivity contribution in [3.8, 4) is 11.8 Å².